The molecule has 0 heterocycles. The van der Waals surface area contributed by atoms with Gasteiger partial charge in [-0.25, -0.2) is 0 Å². The molecule has 1 aromatic carbocycles. The summed E-state index contributed by atoms with van der Waals surface area (Å²) in [6.45, 7) is 0. The van der Waals surface area contributed by atoms with E-state index in [1.165, 1.54) is 7.11 Å². The number of nitriles is 1. The molecule has 0 saturated carbocycles. The van der Waals surface area contributed by atoms with E-state index in [1.807, 2.05) is 5.40 Å². The van der Waals surface area contributed by atoms with Crippen LogP contribution in [0.4, 0.5) is 5.69 Å². The quantitative estimate of drug-likeness (QED) is 0.283. The minimum atomic E-state index is -0.390. The van der Waals surface area contributed by atoms with Gasteiger partial charge in [0.1, 0.15) is 11.8 Å². The lowest BCUT2D eigenvalue weighted by molar-refractivity contribution is -0.139. The molecule has 0 aliphatic carbocycles. The van der Waals surface area contributed by atoms with Crippen molar-refractivity contribution in [2.24, 2.45) is 0 Å². The van der Waals surface area contributed by atoms with Crippen LogP contribution in [0.5, 0.6) is 0 Å². The lowest BCUT2D eigenvalue weighted by atomic mass is 10.2. The number of ether oxygens (including phenoxy) is 1. The first-order valence-electron chi connectivity index (χ1n) is 4.68. The van der Waals surface area contributed by atoms with Crippen molar-refractivity contribution in [1.29, 1.82) is 5.26 Å². The molecule has 0 unspecified atom stereocenters. The molecule has 0 amide bonds. The van der Waals surface area contributed by atoms with Crippen LogP contribution in [0.1, 0.15) is 12.0 Å². The average molecular weight is 246 g/mol. The molecule has 0 aliphatic rings. The third-order valence-corrected chi connectivity index (χ3v) is 2.45. The topological polar surface area (TPSA) is 76.1 Å². The first-order valence-corrected chi connectivity index (χ1v) is 5.50. The van der Waals surface area contributed by atoms with Gasteiger partial charge in [0.05, 0.1) is 7.11 Å². The van der Waals surface area contributed by atoms with E-state index in [9.17, 15) is 4.79 Å². The molecule has 5 heteroatoms. The van der Waals surface area contributed by atoms with E-state index in [1.54, 1.807) is 18.2 Å². The maximum atomic E-state index is 10.9. The number of esters is 1. The molecule has 0 bridgehead atoms. The zero-order chi connectivity index (χ0) is 12.7. The van der Waals surface area contributed by atoms with Crippen LogP contribution in [0.15, 0.2) is 23.1 Å². The minimum absolute atomic E-state index is 0.0194. The zero-order valence-corrected chi connectivity index (χ0v) is 10.0. The number of nitrogen functional groups attached to an aromatic ring is 1. The molecule has 0 aliphatic heterocycles. The largest absolute Gasteiger partial charge is 0.468 e. The molecule has 0 radical (unpaired) electrons. The molecule has 0 fully saturated rings. The number of thiocyanates is 1. The molecule has 1 rings (SSSR count). The molecular formula is C12H10N2O2S. The SMILES string of the molecule is COC(=O)CC#Cc1cc(SC#N)ccc1N. The Morgan fingerprint density at radius 1 is 1.59 bits per heavy atom. The van der Waals surface area contributed by atoms with Gasteiger partial charge in [0.2, 0.25) is 0 Å². The fourth-order valence-electron chi connectivity index (χ4n) is 1.04. The fraction of sp³-hybridized carbons (Fsp3) is 0.167. The highest BCUT2D eigenvalue weighted by atomic mass is 32.2. The van der Waals surface area contributed by atoms with Crippen LogP contribution < -0.4 is 5.73 Å². The van der Waals surface area contributed by atoms with E-state index in [-0.39, 0.29) is 6.42 Å². The summed E-state index contributed by atoms with van der Waals surface area (Å²) in [7, 11) is 1.31. The second-order valence-electron chi connectivity index (χ2n) is 3.00. The van der Waals surface area contributed by atoms with Crippen molar-refractivity contribution in [2.45, 2.75) is 11.3 Å². The predicted molar refractivity (Wildman–Crippen MR) is 65.8 cm³/mol. The van der Waals surface area contributed by atoms with Crippen LogP contribution in [0, 0.1) is 22.5 Å². The van der Waals surface area contributed by atoms with Crippen LogP contribution in [-0.2, 0) is 9.53 Å². The lowest BCUT2D eigenvalue weighted by Gasteiger charge is -1.99. The van der Waals surface area contributed by atoms with Crippen molar-refractivity contribution in [3.05, 3.63) is 23.8 Å². The number of rotatable bonds is 2. The number of anilines is 1. The van der Waals surface area contributed by atoms with Crippen LogP contribution >= 0.6 is 11.8 Å². The van der Waals surface area contributed by atoms with Crippen LogP contribution in [-0.4, -0.2) is 13.1 Å². The first-order chi connectivity index (χ1) is 8.17. The van der Waals surface area contributed by atoms with E-state index in [0.717, 1.165) is 16.7 Å². The maximum absolute atomic E-state index is 10.9. The Morgan fingerprint density at radius 2 is 2.35 bits per heavy atom. The molecule has 2 N–H and O–H groups in total. The maximum Gasteiger partial charge on any atom is 0.317 e. The van der Waals surface area contributed by atoms with E-state index in [4.69, 9.17) is 11.0 Å². The first kappa shape index (κ1) is 13.0. The Morgan fingerprint density at radius 3 is 3.00 bits per heavy atom. The summed E-state index contributed by atoms with van der Waals surface area (Å²) < 4.78 is 4.46. The highest BCUT2D eigenvalue weighted by Crippen LogP contribution is 2.21. The van der Waals surface area contributed by atoms with E-state index < -0.39 is 5.97 Å². The number of nitrogens with two attached hydrogens (primary N) is 1. The molecular weight excluding hydrogens is 236 g/mol. The third-order valence-electron chi connectivity index (χ3n) is 1.87. The van der Waals surface area contributed by atoms with Gasteiger partial charge in [-0.3, -0.25) is 4.79 Å². The summed E-state index contributed by atoms with van der Waals surface area (Å²) in [5.41, 5.74) is 6.85. The number of hydrogen-bond acceptors (Lipinski definition) is 5. The van der Waals surface area contributed by atoms with Gasteiger partial charge in [0.15, 0.2) is 0 Å². The van der Waals surface area contributed by atoms with Crippen molar-refractivity contribution in [3.63, 3.8) is 0 Å². The van der Waals surface area contributed by atoms with Gasteiger partial charge in [-0.1, -0.05) is 11.8 Å². The van der Waals surface area contributed by atoms with Gasteiger partial charge in [0.25, 0.3) is 0 Å². The third kappa shape index (κ3) is 4.10. The van der Waals surface area contributed by atoms with Gasteiger partial charge in [0, 0.05) is 16.1 Å². The fourth-order valence-corrected chi connectivity index (χ4v) is 1.46. The summed E-state index contributed by atoms with van der Waals surface area (Å²) in [6, 6.07) is 5.14. The number of nitrogens with zero attached hydrogens (tertiary/aromatic N) is 1. The van der Waals surface area contributed by atoms with Gasteiger partial charge >= 0.3 is 5.97 Å². The molecule has 1 aromatic rings. The Kier molecular flexibility index (Phi) is 4.93. The zero-order valence-electron chi connectivity index (χ0n) is 9.19. The molecule has 0 atom stereocenters. The van der Waals surface area contributed by atoms with Crippen LogP contribution in [0.3, 0.4) is 0 Å². The van der Waals surface area contributed by atoms with Crippen molar-refractivity contribution in [2.75, 3.05) is 12.8 Å². The van der Waals surface area contributed by atoms with Crippen molar-refractivity contribution < 1.29 is 9.53 Å². The van der Waals surface area contributed by atoms with Crippen molar-refractivity contribution in [3.8, 4) is 17.2 Å². The van der Waals surface area contributed by atoms with E-state index in [0.29, 0.717) is 11.3 Å². The molecule has 4 nitrogen and oxygen atoms in total. The summed E-state index contributed by atoms with van der Waals surface area (Å²) in [5, 5.41) is 10.5. The van der Waals surface area contributed by atoms with Gasteiger partial charge in [-0.15, -0.1) is 0 Å². The normalized spacial score (nSPS) is 8.71. The monoisotopic (exact) mass is 246 g/mol. The Balaban J connectivity index is 2.86. The molecule has 17 heavy (non-hydrogen) atoms. The number of hydrogen-bond donors (Lipinski definition) is 1. The van der Waals surface area contributed by atoms with Gasteiger partial charge in [-0.2, -0.15) is 5.26 Å². The Labute approximate surface area is 104 Å². The van der Waals surface area contributed by atoms with E-state index >= 15 is 0 Å². The minimum Gasteiger partial charge on any atom is -0.468 e. The molecule has 0 spiro atoms. The second kappa shape index (κ2) is 6.47. The van der Waals surface area contributed by atoms with Crippen LogP contribution in [0.2, 0.25) is 0 Å². The predicted octanol–water partition coefficient (Wildman–Crippen LogP) is 1.76. The number of carbonyl (C=O) groups excluding carboxylic acids is 1. The van der Waals surface area contributed by atoms with Crippen LogP contribution in [0.25, 0.3) is 0 Å². The highest BCUT2D eigenvalue weighted by molar-refractivity contribution is 8.03. The van der Waals surface area contributed by atoms with Crippen molar-refractivity contribution >= 4 is 23.4 Å². The summed E-state index contributed by atoms with van der Waals surface area (Å²) >= 11 is 1.03. The smallest absolute Gasteiger partial charge is 0.317 e. The summed E-state index contributed by atoms with van der Waals surface area (Å²) in [4.78, 5) is 11.6. The number of methoxy groups -OCH3 is 1. The summed E-state index contributed by atoms with van der Waals surface area (Å²) in [6.07, 6.45) is 0.0194. The number of benzene rings is 1. The van der Waals surface area contributed by atoms with E-state index in [2.05, 4.69) is 16.6 Å². The number of carbonyl (C=O) groups is 1. The molecule has 86 valence electrons. The summed E-state index contributed by atoms with van der Waals surface area (Å²) in [5.74, 6) is 5.05. The lowest BCUT2D eigenvalue weighted by Crippen LogP contribution is -1.97. The Bertz CT molecular complexity index is 524. The van der Waals surface area contributed by atoms with Gasteiger partial charge < -0.3 is 10.5 Å². The van der Waals surface area contributed by atoms with Crippen molar-refractivity contribution in [1.82, 2.24) is 0 Å². The molecule has 0 aromatic heterocycles. The second-order valence-corrected chi connectivity index (χ2v) is 3.86. The standard InChI is InChI=1S/C12H10N2O2S/c1-16-12(15)4-2-3-9-7-10(17-8-13)5-6-11(9)14/h5-7H,4,14H2,1H3. The Hall–Kier alpha value is -2.11. The van der Waals surface area contributed by atoms with Gasteiger partial charge in [-0.05, 0) is 30.0 Å². The average Bonchev–Trinajstić information content (AvgIpc) is 2.33. The number of thioether (sulfide) groups is 1. The molecule has 0 saturated heterocycles. The highest BCUT2D eigenvalue weighted by Gasteiger charge is 1.99.